The van der Waals surface area contributed by atoms with Crippen molar-refractivity contribution in [2.75, 3.05) is 17.2 Å². The summed E-state index contributed by atoms with van der Waals surface area (Å²) in [5.74, 6) is 0.0105. The molecule has 7 heteroatoms. The van der Waals surface area contributed by atoms with E-state index >= 15 is 0 Å². The van der Waals surface area contributed by atoms with Gasteiger partial charge in [-0.05, 0) is 18.4 Å². The molecule has 142 valence electrons. The molecule has 0 aliphatic carbocycles. The summed E-state index contributed by atoms with van der Waals surface area (Å²) in [6.45, 7) is 7.16. The molecule has 0 atom stereocenters. The molecule has 1 heterocycles. The van der Waals surface area contributed by atoms with Crippen molar-refractivity contribution in [1.29, 1.82) is 0 Å². The lowest BCUT2D eigenvalue weighted by molar-refractivity contribution is 0.570. The molecule has 0 bridgehead atoms. The van der Waals surface area contributed by atoms with Gasteiger partial charge in [-0.3, -0.25) is 14.3 Å². The number of hydrogen-bond donors (Lipinski definition) is 2. The van der Waals surface area contributed by atoms with Crippen LogP contribution in [0.25, 0.3) is 0 Å². The summed E-state index contributed by atoms with van der Waals surface area (Å²) < 4.78 is 15.5. The van der Waals surface area contributed by atoms with Crippen LogP contribution in [0.3, 0.4) is 0 Å². The highest BCUT2D eigenvalue weighted by atomic mass is 19.1. The zero-order valence-corrected chi connectivity index (χ0v) is 15.6. The number of benzene rings is 1. The van der Waals surface area contributed by atoms with Crippen LogP contribution in [0.5, 0.6) is 0 Å². The standard InChI is InChI=1S/C19H27FN4O2/c1-4-5-10-24-17(21)16(18(25)22-19(24)26)23(11-13(2)3)12-14-8-6-7-9-15(14)20/h6-9,13H,4-5,10-12,21H2,1-3H3,(H,22,25,26). The molecule has 3 N–H and O–H groups in total. The number of rotatable bonds is 8. The van der Waals surface area contributed by atoms with Gasteiger partial charge in [0.1, 0.15) is 17.3 Å². The van der Waals surface area contributed by atoms with Crippen molar-refractivity contribution in [2.45, 2.75) is 46.7 Å². The molecule has 1 aromatic heterocycles. The van der Waals surface area contributed by atoms with E-state index in [1.807, 2.05) is 20.8 Å². The van der Waals surface area contributed by atoms with Crippen LogP contribution >= 0.6 is 0 Å². The van der Waals surface area contributed by atoms with Gasteiger partial charge in [-0.25, -0.2) is 9.18 Å². The Hall–Kier alpha value is -2.57. The Kier molecular flexibility index (Phi) is 6.60. The molecular weight excluding hydrogens is 335 g/mol. The summed E-state index contributed by atoms with van der Waals surface area (Å²) in [4.78, 5) is 28.7. The van der Waals surface area contributed by atoms with E-state index in [1.54, 1.807) is 23.1 Å². The van der Waals surface area contributed by atoms with Gasteiger partial charge in [0, 0.05) is 25.2 Å². The molecule has 1 aromatic carbocycles. The minimum atomic E-state index is -0.544. The molecule has 0 spiro atoms. The maximum atomic E-state index is 14.1. The fourth-order valence-corrected chi connectivity index (χ4v) is 2.93. The Morgan fingerprint density at radius 3 is 2.58 bits per heavy atom. The molecule has 0 aliphatic heterocycles. The van der Waals surface area contributed by atoms with Crippen LogP contribution in [0.4, 0.5) is 15.9 Å². The number of nitrogen functional groups attached to an aromatic ring is 1. The maximum Gasteiger partial charge on any atom is 0.330 e. The number of halogens is 1. The van der Waals surface area contributed by atoms with E-state index in [0.29, 0.717) is 18.7 Å². The van der Waals surface area contributed by atoms with Crippen molar-refractivity contribution in [3.05, 3.63) is 56.5 Å². The van der Waals surface area contributed by atoms with E-state index in [-0.39, 0.29) is 29.8 Å². The maximum absolute atomic E-state index is 14.1. The fraction of sp³-hybridized carbons (Fsp3) is 0.474. The smallest absolute Gasteiger partial charge is 0.330 e. The van der Waals surface area contributed by atoms with Gasteiger partial charge in [-0.1, -0.05) is 45.4 Å². The number of hydrogen-bond acceptors (Lipinski definition) is 4. The van der Waals surface area contributed by atoms with Crippen molar-refractivity contribution in [3.63, 3.8) is 0 Å². The summed E-state index contributed by atoms with van der Waals surface area (Å²) in [7, 11) is 0. The third-order valence-electron chi connectivity index (χ3n) is 4.17. The lowest BCUT2D eigenvalue weighted by atomic mass is 10.1. The van der Waals surface area contributed by atoms with E-state index in [2.05, 4.69) is 4.98 Å². The van der Waals surface area contributed by atoms with Crippen molar-refractivity contribution < 1.29 is 4.39 Å². The molecule has 0 fully saturated rings. The third-order valence-corrected chi connectivity index (χ3v) is 4.17. The van der Waals surface area contributed by atoms with Gasteiger partial charge in [-0.15, -0.1) is 0 Å². The van der Waals surface area contributed by atoms with Crippen molar-refractivity contribution >= 4 is 11.5 Å². The summed E-state index contributed by atoms with van der Waals surface area (Å²) in [6, 6.07) is 6.44. The minimum absolute atomic E-state index is 0.129. The minimum Gasteiger partial charge on any atom is -0.383 e. The number of nitrogens with zero attached hydrogens (tertiary/aromatic N) is 2. The number of unbranched alkanes of at least 4 members (excludes halogenated alkanes) is 1. The van der Waals surface area contributed by atoms with E-state index in [1.165, 1.54) is 10.6 Å². The van der Waals surface area contributed by atoms with Crippen LogP contribution < -0.4 is 21.9 Å². The second-order valence-corrected chi connectivity index (χ2v) is 6.86. The van der Waals surface area contributed by atoms with E-state index in [0.717, 1.165) is 12.8 Å². The molecular formula is C19H27FN4O2. The van der Waals surface area contributed by atoms with Crippen LogP contribution in [0.1, 0.15) is 39.2 Å². The highest BCUT2D eigenvalue weighted by molar-refractivity contribution is 5.62. The van der Waals surface area contributed by atoms with Crippen LogP contribution in [-0.4, -0.2) is 16.1 Å². The Labute approximate surface area is 152 Å². The van der Waals surface area contributed by atoms with Gasteiger partial charge in [0.15, 0.2) is 0 Å². The van der Waals surface area contributed by atoms with Crippen LogP contribution in [-0.2, 0) is 13.1 Å². The first-order chi connectivity index (χ1) is 12.3. The SMILES string of the molecule is CCCCn1c(N)c(N(Cc2ccccc2F)CC(C)C)c(=O)[nH]c1=O. The fourth-order valence-electron chi connectivity index (χ4n) is 2.93. The van der Waals surface area contributed by atoms with Crippen LogP contribution in [0.2, 0.25) is 0 Å². The average molecular weight is 362 g/mol. The number of aromatic amines is 1. The number of anilines is 2. The molecule has 0 amide bonds. The van der Waals surface area contributed by atoms with Crippen molar-refractivity contribution in [3.8, 4) is 0 Å². The number of H-pyrrole nitrogens is 1. The zero-order chi connectivity index (χ0) is 19.3. The van der Waals surface area contributed by atoms with Gasteiger partial charge in [0.05, 0.1) is 0 Å². The molecule has 0 saturated carbocycles. The van der Waals surface area contributed by atoms with Crippen molar-refractivity contribution in [2.24, 2.45) is 5.92 Å². The second kappa shape index (κ2) is 8.69. The van der Waals surface area contributed by atoms with E-state index in [4.69, 9.17) is 5.73 Å². The van der Waals surface area contributed by atoms with Gasteiger partial charge in [0.2, 0.25) is 0 Å². The van der Waals surface area contributed by atoms with E-state index < -0.39 is 11.2 Å². The largest absolute Gasteiger partial charge is 0.383 e. The summed E-state index contributed by atoms with van der Waals surface area (Å²) in [6.07, 6.45) is 1.67. The Morgan fingerprint density at radius 2 is 1.96 bits per heavy atom. The summed E-state index contributed by atoms with van der Waals surface area (Å²) in [5.41, 5.74) is 5.83. The Bertz CT molecular complexity index is 857. The van der Waals surface area contributed by atoms with Gasteiger partial charge < -0.3 is 10.6 Å². The zero-order valence-electron chi connectivity index (χ0n) is 15.6. The quantitative estimate of drug-likeness (QED) is 0.756. The highest BCUT2D eigenvalue weighted by Gasteiger charge is 2.20. The molecule has 0 radical (unpaired) electrons. The predicted octanol–water partition coefficient (Wildman–Crippen LogP) is 2.72. The van der Waals surface area contributed by atoms with Gasteiger partial charge in [-0.2, -0.15) is 0 Å². The molecule has 2 rings (SSSR count). The van der Waals surface area contributed by atoms with E-state index in [9.17, 15) is 14.0 Å². The molecule has 0 saturated heterocycles. The first-order valence-electron chi connectivity index (χ1n) is 8.96. The monoisotopic (exact) mass is 362 g/mol. The third kappa shape index (κ3) is 4.53. The normalized spacial score (nSPS) is 11.1. The van der Waals surface area contributed by atoms with Crippen molar-refractivity contribution in [1.82, 2.24) is 9.55 Å². The Balaban J connectivity index is 2.52. The molecule has 2 aromatic rings. The van der Waals surface area contributed by atoms with Gasteiger partial charge in [0.25, 0.3) is 5.56 Å². The predicted molar refractivity (Wildman–Crippen MR) is 103 cm³/mol. The number of nitrogens with one attached hydrogen (secondary N) is 1. The lowest BCUT2D eigenvalue weighted by Gasteiger charge is -2.28. The first kappa shape index (κ1) is 19.8. The second-order valence-electron chi connectivity index (χ2n) is 6.86. The topological polar surface area (TPSA) is 84.1 Å². The van der Waals surface area contributed by atoms with Crippen LogP contribution in [0.15, 0.2) is 33.9 Å². The average Bonchev–Trinajstić information content (AvgIpc) is 2.56. The molecule has 0 unspecified atom stereocenters. The Morgan fingerprint density at radius 1 is 1.27 bits per heavy atom. The van der Waals surface area contributed by atoms with Gasteiger partial charge >= 0.3 is 5.69 Å². The lowest BCUT2D eigenvalue weighted by Crippen LogP contribution is -2.39. The molecule has 26 heavy (non-hydrogen) atoms. The summed E-state index contributed by atoms with van der Waals surface area (Å²) in [5, 5.41) is 0. The van der Waals surface area contributed by atoms with Crippen LogP contribution in [0, 0.1) is 11.7 Å². The first-order valence-corrected chi connectivity index (χ1v) is 8.96. The molecule has 0 aliphatic rings. The highest BCUT2D eigenvalue weighted by Crippen LogP contribution is 2.22. The summed E-state index contributed by atoms with van der Waals surface area (Å²) >= 11 is 0. The number of aromatic nitrogens is 2. The molecule has 6 nitrogen and oxygen atoms in total. The number of nitrogens with two attached hydrogens (primary N) is 1.